The Bertz CT molecular complexity index is 1220. The summed E-state index contributed by atoms with van der Waals surface area (Å²) in [6, 6.07) is 15.5. The van der Waals surface area contributed by atoms with Crippen molar-refractivity contribution in [2.75, 3.05) is 0 Å². The van der Waals surface area contributed by atoms with Gasteiger partial charge in [0.25, 0.3) is 0 Å². The van der Waals surface area contributed by atoms with Crippen molar-refractivity contribution in [1.82, 2.24) is 9.97 Å². The largest absolute Gasteiger partial charge is 0.257 e. The number of fused-ring (bicyclic) bond motifs is 1. The molecule has 0 aliphatic heterocycles. The minimum atomic E-state index is 0.584. The van der Waals surface area contributed by atoms with Crippen LogP contribution >= 0.6 is 0 Å². The van der Waals surface area contributed by atoms with Crippen molar-refractivity contribution in [3.63, 3.8) is 0 Å². The Morgan fingerprint density at radius 2 is 1.70 bits per heavy atom. The SMILES string of the molecule is Cc1cc(C)c(C)c(-c2ccc3cc(-c4cnc(CC(C)C)cn4)ccc3[n+]2C)c1. The van der Waals surface area contributed by atoms with Crippen LogP contribution in [0, 0.1) is 26.7 Å². The van der Waals surface area contributed by atoms with Crippen LogP contribution in [0.25, 0.3) is 33.4 Å². The van der Waals surface area contributed by atoms with Gasteiger partial charge in [0, 0.05) is 34.8 Å². The highest BCUT2D eigenvalue weighted by atomic mass is 14.9. The van der Waals surface area contributed by atoms with Crippen LogP contribution < -0.4 is 4.57 Å². The summed E-state index contributed by atoms with van der Waals surface area (Å²) in [4.78, 5) is 9.26. The Balaban J connectivity index is 1.75. The fourth-order valence-corrected chi connectivity index (χ4v) is 4.17. The summed E-state index contributed by atoms with van der Waals surface area (Å²) in [5, 5.41) is 1.20. The predicted molar refractivity (Wildman–Crippen MR) is 124 cm³/mol. The molecule has 2 aromatic carbocycles. The van der Waals surface area contributed by atoms with E-state index in [1.54, 1.807) is 0 Å². The topological polar surface area (TPSA) is 29.7 Å². The lowest BCUT2D eigenvalue weighted by molar-refractivity contribution is -0.633. The van der Waals surface area contributed by atoms with Crippen LogP contribution in [0.3, 0.4) is 0 Å². The van der Waals surface area contributed by atoms with Crippen molar-refractivity contribution in [3.05, 3.63) is 77.2 Å². The second-order valence-electron chi connectivity index (χ2n) is 8.80. The van der Waals surface area contributed by atoms with E-state index in [2.05, 4.69) is 98.7 Å². The molecule has 3 heteroatoms. The predicted octanol–water partition coefficient (Wildman–Crippen LogP) is 5.91. The first kappa shape index (κ1) is 20.2. The molecule has 3 nitrogen and oxygen atoms in total. The Kier molecular flexibility index (Phi) is 5.38. The Morgan fingerprint density at radius 1 is 0.900 bits per heavy atom. The smallest absolute Gasteiger partial charge is 0.213 e. The molecular weight excluding hydrogens is 366 g/mol. The third-order valence-electron chi connectivity index (χ3n) is 5.88. The monoisotopic (exact) mass is 396 g/mol. The summed E-state index contributed by atoms with van der Waals surface area (Å²) in [6.45, 7) is 11.0. The van der Waals surface area contributed by atoms with Crippen molar-refractivity contribution < 1.29 is 4.57 Å². The zero-order valence-electron chi connectivity index (χ0n) is 18.8. The van der Waals surface area contributed by atoms with E-state index >= 15 is 0 Å². The van der Waals surface area contributed by atoms with Gasteiger partial charge in [0.2, 0.25) is 11.2 Å². The summed E-state index contributed by atoms with van der Waals surface area (Å²) in [7, 11) is 2.15. The summed E-state index contributed by atoms with van der Waals surface area (Å²) in [5.41, 5.74) is 10.8. The van der Waals surface area contributed by atoms with Gasteiger partial charge in [0.15, 0.2) is 0 Å². The molecule has 0 aliphatic rings. The molecule has 4 rings (SSSR count). The van der Waals surface area contributed by atoms with Gasteiger partial charge in [0.05, 0.1) is 17.6 Å². The van der Waals surface area contributed by atoms with E-state index in [0.29, 0.717) is 5.92 Å². The van der Waals surface area contributed by atoms with Gasteiger partial charge in [-0.05, 0) is 68.5 Å². The summed E-state index contributed by atoms with van der Waals surface area (Å²) in [6.07, 6.45) is 4.76. The van der Waals surface area contributed by atoms with E-state index in [0.717, 1.165) is 23.4 Å². The standard InChI is InChI=1S/C27H30N3/c1-17(2)11-23-15-29-25(16-28-23)21-7-9-26-22(14-21)8-10-27(30(26)6)24-13-18(3)12-19(4)20(24)5/h7-10,12-17H,11H2,1-6H3/q+1. The maximum Gasteiger partial charge on any atom is 0.213 e. The molecule has 0 unspecified atom stereocenters. The van der Waals surface area contributed by atoms with E-state index < -0.39 is 0 Å². The second-order valence-corrected chi connectivity index (χ2v) is 8.80. The van der Waals surface area contributed by atoms with Crippen LogP contribution in [0.4, 0.5) is 0 Å². The minimum absolute atomic E-state index is 0.584. The molecule has 0 atom stereocenters. The molecule has 30 heavy (non-hydrogen) atoms. The number of benzene rings is 2. The first-order valence-corrected chi connectivity index (χ1v) is 10.7. The molecule has 0 spiro atoms. The zero-order chi connectivity index (χ0) is 21.4. The fraction of sp³-hybridized carbons (Fsp3) is 0.296. The van der Waals surface area contributed by atoms with Crippen molar-refractivity contribution in [2.24, 2.45) is 13.0 Å². The number of aryl methyl sites for hydroxylation is 3. The molecule has 0 radical (unpaired) electrons. The van der Waals surface area contributed by atoms with Crippen LogP contribution in [0.2, 0.25) is 0 Å². The number of aromatic nitrogens is 3. The van der Waals surface area contributed by atoms with Crippen LogP contribution in [0.15, 0.2) is 54.9 Å². The van der Waals surface area contributed by atoms with Gasteiger partial charge in [-0.2, -0.15) is 4.57 Å². The van der Waals surface area contributed by atoms with Crippen molar-refractivity contribution >= 4 is 10.9 Å². The lowest BCUT2D eigenvalue weighted by atomic mass is 9.96. The molecule has 0 fully saturated rings. The molecule has 2 aromatic heterocycles. The normalized spacial score (nSPS) is 11.4. The highest BCUT2D eigenvalue weighted by Crippen LogP contribution is 2.28. The second kappa shape index (κ2) is 7.98. The van der Waals surface area contributed by atoms with Gasteiger partial charge >= 0.3 is 0 Å². The molecule has 2 heterocycles. The average molecular weight is 397 g/mol. The third-order valence-corrected chi connectivity index (χ3v) is 5.88. The van der Waals surface area contributed by atoms with E-state index in [9.17, 15) is 0 Å². The Hall–Kier alpha value is -3.07. The summed E-state index contributed by atoms with van der Waals surface area (Å²) in [5.74, 6) is 0.584. The van der Waals surface area contributed by atoms with Crippen LogP contribution in [0.1, 0.15) is 36.2 Å². The third kappa shape index (κ3) is 3.85. The number of nitrogens with zero attached hydrogens (tertiary/aromatic N) is 3. The molecular formula is C27H30N3+. The molecule has 0 bridgehead atoms. The van der Waals surface area contributed by atoms with E-state index in [4.69, 9.17) is 0 Å². The van der Waals surface area contributed by atoms with Crippen LogP contribution in [-0.2, 0) is 13.5 Å². The summed E-state index contributed by atoms with van der Waals surface area (Å²) < 4.78 is 2.29. The maximum atomic E-state index is 4.66. The molecule has 0 saturated heterocycles. The van der Waals surface area contributed by atoms with Gasteiger partial charge in [-0.25, -0.2) is 0 Å². The van der Waals surface area contributed by atoms with E-state index in [-0.39, 0.29) is 0 Å². The quantitative estimate of drug-likeness (QED) is 0.401. The molecule has 0 saturated carbocycles. The Morgan fingerprint density at radius 3 is 2.40 bits per heavy atom. The lowest BCUT2D eigenvalue weighted by Gasteiger charge is -2.11. The van der Waals surface area contributed by atoms with Gasteiger partial charge in [0.1, 0.15) is 7.05 Å². The van der Waals surface area contributed by atoms with Gasteiger partial charge in [-0.15, -0.1) is 0 Å². The highest BCUT2D eigenvalue weighted by Gasteiger charge is 2.17. The molecule has 4 aromatic rings. The van der Waals surface area contributed by atoms with Crippen LogP contribution in [0.5, 0.6) is 0 Å². The van der Waals surface area contributed by atoms with Crippen LogP contribution in [-0.4, -0.2) is 9.97 Å². The molecule has 0 N–H and O–H groups in total. The molecule has 0 amide bonds. The van der Waals surface area contributed by atoms with E-state index in [1.165, 1.54) is 38.9 Å². The van der Waals surface area contributed by atoms with Crippen molar-refractivity contribution in [2.45, 2.75) is 41.0 Å². The number of pyridine rings is 1. The Labute approximate surface area is 179 Å². The lowest BCUT2D eigenvalue weighted by Crippen LogP contribution is -2.32. The number of hydrogen-bond acceptors (Lipinski definition) is 2. The maximum absolute atomic E-state index is 4.66. The summed E-state index contributed by atoms with van der Waals surface area (Å²) >= 11 is 0. The molecule has 152 valence electrons. The minimum Gasteiger partial charge on any atom is -0.257 e. The fourth-order valence-electron chi connectivity index (χ4n) is 4.17. The first-order chi connectivity index (χ1) is 14.3. The molecule has 0 aliphatic carbocycles. The average Bonchev–Trinajstić information content (AvgIpc) is 2.71. The number of rotatable bonds is 4. The zero-order valence-corrected chi connectivity index (χ0v) is 18.8. The van der Waals surface area contributed by atoms with Crippen molar-refractivity contribution in [1.29, 1.82) is 0 Å². The van der Waals surface area contributed by atoms with E-state index in [1.807, 2.05) is 12.4 Å². The first-order valence-electron chi connectivity index (χ1n) is 10.7. The van der Waals surface area contributed by atoms with Gasteiger partial charge < -0.3 is 0 Å². The number of hydrogen-bond donors (Lipinski definition) is 0. The van der Waals surface area contributed by atoms with Gasteiger partial charge in [-0.1, -0.05) is 25.5 Å². The highest BCUT2D eigenvalue weighted by molar-refractivity contribution is 5.83. The van der Waals surface area contributed by atoms with Gasteiger partial charge in [-0.3, -0.25) is 9.97 Å². The van der Waals surface area contributed by atoms with Crippen molar-refractivity contribution in [3.8, 4) is 22.5 Å².